The van der Waals surface area contributed by atoms with E-state index >= 15 is 0 Å². The number of amides is 2. The molecule has 1 N–H and O–H groups in total. The van der Waals surface area contributed by atoms with Crippen LogP contribution in [0.15, 0.2) is 85.2 Å². The van der Waals surface area contributed by atoms with Gasteiger partial charge in [0.2, 0.25) is 0 Å². The summed E-state index contributed by atoms with van der Waals surface area (Å²) < 4.78 is 0. The number of rotatable bonds is 2. The molecule has 5 nitrogen and oxygen atoms in total. The van der Waals surface area contributed by atoms with Crippen molar-refractivity contribution in [3.8, 4) is 22.3 Å². The standard InChI is InChI=1S/C26H15N3O2/c30-25-21-10-9-16(13-22(21)26(31)29-25)19-5-1-2-6-20(19)18-12-17-8-7-15-4-3-11-27-23(15)24(17)28-14-18/h1-14H,(H,29,30,31). The first-order valence-electron chi connectivity index (χ1n) is 9.92. The van der Waals surface area contributed by atoms with Gasteiger partial charge in [-0.25, -0.2) is 0 Å². The Morgan fingerprint density at radius 3 is 2.19 bits per heavy atom. The van der Waals surface area contributed by atoms with Crippen LogP contribution in [0.4, 0.5) is 0 Å². The van der Waals surface area contributed by atoms with Gasteiger partial charge in [0.25, 0.3) is 11.8 Å². The maximum atomic E-state index is 12.1. The molecule has 0 spiro atoms. The molecule has 0 unspecified atom stereocenters. The summed E-state index contributed by atoms with van der Waals surface area (Å²) in [4.78, 5) is 33.2. The van der Waals surface area contributed by atoms with Crippen molar-refractivity contribution in [1.29, 1.82) is 0 Å². The van der Waals surface area contributed by atoms with Crippen molar-refractivity contribution < 1.29 is 9.59 Å². The molecular weight excluding hydrogens is 386 g/mol. The third-order valence-corrected chi connectivity index (χ3v) is 5.71. The number of pyridine rings is 2. The van der Waals surface area contributed by atoms with Gasteiger partial charge >= 0.3 is 0 Å². The Bertz CT molecular complexity index is 1560. The van der Waals surface area contributed by atoms with E-state index < -0.39 is 0 Å². The predicted octanol–water partition coefficient (Wildman–Crippen LogP) is 5.00. The fourth-order valence-corrected chi connectivity index (χ4v) is 4.21. The molecule has 5 aromatic rings. The highest BCUT2D eigenvalue weighted by Gasteiger charge is 2.27. The van der Waals surface area contributed by atoms with E-state index in [-0.39, 0.29) is 11.8 Å². The minimum Gasteiger partial charge on any atom is -0.288 e. The Morgan fingerprint density at radius 2 is 1.32 bits per heavy atom. The van der Waals surface area contributed by atoms with Gasteiger partial charge in [0, 0.05) is 28.7 Å². The smallest absolute Gasteiger partial charge is 0.258 e. The van der Waals surface area contributed by atoms with Crippen LogP contribution in [0.3, 0.4) is 0 Å². The lowest BCUT2D eigenvalue weighted by atomic mass is 9.93. The molecule has 0 saturated heterocycles. The van der Waals surface area contributed by atoms with Gasteiger partial charge in [0.05, 0.1) is 22.2 Å². The molecule has 0 bridgehead atoms. The summed E-state index contributed by atoms with van der Waals surface area (Å²) in [7, 11) is 0. The molecule has 3 aromatic carbocycles. The molecular formula is C26H15N3O2. The lowest BCUT2D eigenvalue weighted by molar-refractivity contribution is 0.0879. The molecule has 5 heteroatoms. The summed E-state index contributed by atoms with van der Waals surface area (Å²) in [5, 5.41) is 4.42. The van der Waals surface area contributed by atoms with Crippen LogP contribution in [0.1, 0.15) is 20.7 Å². The molecule has 0 saturated carbocycles. The van der Waals surface area contributed by atoms with Gasteiger partial charge in [-0.3, -0.25) is 24.9 Å². The number of carbonyl (C=O) groups is 2. The first-order valence-corrected chi connectivity index (χ1v) is 9.92. The number of carbonyl (C=O) groups excluding carboxylic acids is 2. The summed E-state index contributed by atoms with van der Waals surface area (Å²) in [6.45, 7) is 0. The van der Waals surface area contributed by atoms with Crippen molar-refractivity contribution in [2.75, 3.05) is 0 Å². The Labute approximate surface area is 177 Å². The van der Waals surface area contributed by atoms with E-state index in [4.69, 9.17) is 4.98 Å². The SMILES string of the molecule is O=C1NC(=O)c2cc(-c3ccccc3-c3cnc4c(ccc5cccnc54)c3)ccc21. The second kappa shape index (κ2) is 6.57. The number of fused-ring (bicyclic) bond motifs is 4. The monoisotopic (exact) mass is 401 g/mol. The Kier molecular flexibility index (Phi) is 3.70. The first kappa shape index (κ1) is 17.5. The van der Waals surface area contributed by atoms with Crippen LogP contribution in [0.25, 0.3) is 44.1 Å². The number of benzene rings is 3. The summed E-state index contributed by atoms with van der Waals surface area (Å²) in [5.41, 5.74) is 6.39. The van der Waals surface area contributed by atoms with Crippen LogP contribution in [-0.2, 0) is 0 Å². The minimum absolute atomic E-state index is 0.348. The minimum atomic E-state index is -0.355. The van der Waals surface area contributed by atoms with Crippen molar-refractivity contribution in [2.24, 2.45) is 0 Å². The fraction of sp³-hybridized carbons (Fsp3) is 0. The van der Waals surface area contributed by atoms with Crippen molar-refractivity contribution in [3.05, 3.63) is 96.3 Å². The third kappa shape index (κ3) is 2.71. The van der Waals surface area contributed by atoms with Crippen LogP contribution in [0.5, 0.6) is 0 Å². The van der Waals surface area contributed by atoms with Crippen LogP contribution in [0, 0.1) is 0 Å². The number of nitrogens with one attached hydrogen (secondary N) is 1. The van der Waals surface area contributed by atoms with Crippen LogP contribution >= 0.6 is 0 Å². The molecule has 6 rings (SSSR count). The molecule has 2 aromatic heterocycles. The molecule has 0 fully saturated rings. The highest BCUT2D eigenvalue weighted by molar-refractivity contribution is 6.22. The summed E-state index contributed by atoms with van der Waals surface area (Å²) >= 11 is 0. The number of nitrogens with zero attached hydrogens (tertiary/aromatic N) is 2. The fourth-order valence-electron chi connectivity index (χ4n) is 4.21. The van der Waals surface area contributed by atoms with Gasteiger partial charge < -0.3 is 0 Å². The van der Waals surface area contributed by atoms with E-state index in [1.54, 1.807) is 18.3 Å². The van der Waals surface area contributed by atoms with E-state index in [0.29, 0.717) is 11.1 Å². The lowest BCUT2D eigenvalue weighted by Crippen LogP contribution is -2.19. The molecule has 0 radical (unpaired) electrons. The Balaban J connectivity index is 1.52. The Hall–Kier alpha value is -4.38. The van der Waals surface area contributed by atoms with Gasteiger partial charge in [-0.05, 0) is 41.0 Å². The normalized spacial score (nSPS) is 12.9. The molecule has 1 aliphatic heterocycles. The lowest BCUT2D eigenvalue weighted by Gasteiger charge is -2.12. The van der Waals surface area contributed by atoms with Gasteiger partial charge in [-0.2, -0.15) is 0 Å². The topological polar surface area (TPSA) is 72.0 Å². The average molecular weight is 401 g/mol. The van der Waals surface area contributed by atoms with Gasteiger partial charge in [0.1, 0.15) is 0 Å². The number of hydrogen-bond acceptors (Lipinski definition) is 4. The maximum absolute atomic E-state index is 12.1. The van der Waals surface area contributed by atoms with Crippen molar-refractivity contribution in [3.63, 3.8) is 0 Å². The van der Waals surface area contributed by atoms with E-state index in [0.717, 1.165) is 44.1 Å². The zero-order valence-electron chi connectivity index (χ0n) is 16.3. The summed E-state index contributed by atoms with van der Waals surface area (Å²) in [6.07, 6.45) is 3.64. The van der Waals surface area contributed by atoms with Crippen molar-refractivity contribution in [2.45, 2.75) is 0 Å². The zero-order valence-corrected chi connectivity index (χ0v) is 16.3. The third-order valence-electron chi connectivity index (χ3n) is 5.71. The highest BCUT2D eigenvalue weighted by atomic mass is 16.2. The van der Waals surface area contributed by atoms with Crippen LogP contribution in [0.2, 0.25) is 0 Å². The van der Waals surface area contributed by atoms with E-state index in [1.807, 2.05) is 48.7 Å². The molecule has 1 aliphatic rings. The summed E-state index contributed by atoms with van der Waals surface area (Å²) in [6, 6.07) is 23.5. The molecule has 0 atom stereocenters. The van der Waals surface area contributed by atoms with Crippen LogP contribution < -0.4 is 5.32 Å². The maximum Gasteiger partial charge on any atom is 0.258 e. The van der Waals surface area contributed by atoms with Crippen molar-refractivity contribution >= 4 is 33.6 Å². The van der Waals surface area contributed by atoms with Gasteiger partial charge in [-0.1, -0.05) is 48.5 Å². The molecule has 2 amide bonds. The van der Waals surface area contributed by atoms with E-state index in [2.05, 4.69) is 28.5 Å². The van der Waals surface area contributed by atoms with Crippen molar-refractivity contribution in [1.82, 2.24) is 15.3 Å². The quantitative estimate of drug-likeness (QED) is 0.334. The largest absolute Gasteiger partial charge is 0.288 e. The van der Waals surface area contributed by atoms with Crippen LogP contribution in [-0.4, -0.2) is 21.8 Å². The first-order chi connectivity index (χ1) is 15.2. The second-order valence-corrected chi connectivity index (χ2v) is 7.53. The zero-order chi connectivity index (χ0) is 20.9. The highest BCUT2D eigenvalue weighted by Crippen LogP contribution is 2.35. The van der Waals surface area contributed by atoms with Gasteiger partial charge in [0.15, 0.2) is 0 Å². The molecule has 31 heavy (non-hydrogen) atoms. The molecule has 0 aliphatic carbocycles. The molecule has 146 valence electrons. The number of hydrogen-bond donors (Lipinski definition) is 1. The molecule has 3 heterocycles. The summed E-state index contributed by atoms with van der Waals surface area (Å²) in [5.74, 6) is -0.703. The average Bonchev–Trinajstić information content (AvgIpc) is 3.11. The van der Waals surface area contributed by atoms with Gasteiger partial charge in [-0.15, -0.1) is 0 Å². The second-order valence-electron chi connectivity index (χ2n) is 7.53. The van der Waals surface area contributed by atoms with E-state index in [1.165, 1.54) is 0 Å². The number of imide groups is 1. The number of aromatic nitrogens is 2. The van der Waals surface area contributed by atoms with E-state index in [9.17, 15) is 9.59 Å². The predicted molar refractivity (Wildman–Crippen MR) is 120 cm³/mol. The Morgan fingerprint density at radius 1 is 0.581 bits per heavy atom.